The number of carbonyl (C=O) groups is 2. The van der Waals surface area contributed by atoms with E-state index in [4.69, 9.17) is 4.74 Å². The van der Waals surface area contributed by atoms with Crippen molar-refractivity contribution in [2.45, 2.75) is 44.6 Å². The maximum Gasteiger partial charge on any atom is 0.307 e. The molecular formula is C18H19N3O3S. The fourth-order valence-corrected chi connectivity index (χ4v) is 4.48. The molecule has 0 radical (unpaired) electrons. The average Bonchev–Trinajstić information content (AvgIpc) is 3.30. The second-order valence-electron chi connectivity index (χ2n) is 6.77. The van der Waals surface area contributed by atoms with Gasteiger partial charge in [0.05, 0.1) is 12.3 Å². The lowest BCUT2D eigenvalue weighted by Gasteiger charge is -2.27. The van der Waals surface area contributed by atoms with E-state index in [2.05, 4.69) is 15.5 Å². The number of aryl methyl sites for hydroxylation is 1. The largest absolute Gasteiger partial charge is 0.458 e. The summed E-state index contributed by atoms with van der Waals surface area (Å²) in [6.45, 7) is 2.03. The van der Waals surface area contributed by atoms with E-state index < -0.39 is 11.5 Å². The van der Waals surface area contributed by atoms with Crippen LogP contribution in [0.4, 0.5) is 5.13 Å². The zero-order valence-corrected chi connectivity index (χ0v) is 14.8. The number of anilines is 1. The van der Waals surface area contributed by atoms with Crippen molar-refractivity contribution < 1.29 is 14.3 Å². The van der Waals surface area contributed by atoms with Gasteiger partial charge in [-0.15, -0.1) is 10.2 Å². The first-order chi connectivity index (χ1) is 12.1. The number of amides is 1. The SMILES string of the molecule is Cc1ccc(-c2nnc(NC(=O)C3CC(=O)OC34CCCC4)s2)cc1. The Kier molecular flexibility index (Phi) is 4.03. The topological polar surface area (TPSA) is 81.2 Å². The fraction of sp³-hybridized carbons (Fsp3) is 0.444. The van der Waals surface area contributed by atoms with E-state index >= 15 is 0 Å². The van der Waals surface area contributed by atoms with Gasteiger partial charge in [-0.3, -0.25) is 9.59 Å². The van der Waals surface area contributed by atoms with Gasteiger partial charge < -0.3 is 10.1 Å². The molecule has 7 heteroatoms. The second kappa shape index (κ2) is 6.22. The molecule has 1 aliphatic heterocycles. The van der Waals surface area contributed by atoms with Gasteiger partial charge in [0.2, 0.25) is 11.0 Å². The van der Waals surface area contributed by atoms with Crippen LogP contribution in [-0.4, -0.2) is 27.7 Å². The van der Waals surface area contributed by atoms with E-state index in [9.17, 15) is 9.59 Å². The quantitative estimate of drug-likeness (QED) is 0.852. The first-order valence-electron chi connectivity index (χ1n) is 8.49. The van der Waals surface area contributed by atoms with Crippen molar-refractivity contribution in [1.82, 2.24) is 10.2 Å². The van der Waals surface area contributed by atoms with E-state index in [-0.39, 0.29) is 18.3 Å². The summed E-state index contributed by atoms with van der Waals surface area (Å²) < 4.78 is 5.53. The smallest absolute Gasteiger partial charge is 0.307 e. The summed E-state index contributed by atoms with van der Waals surface area (Å²) in [5, 5.41) is 12.3. The lowest BCUT2D eigenvalue weighted by molar-refractivity contribution is -0.149. The molecule has 130 valence electrons. The Hall–Kier alpha value is -2.28. The molecule has 2 aliphatic rings. The summed E-state index contributed by atoms with van der Waals surface area (Å²) >= 11 is 1.33. The minimum absolute atomic E-state index is 0.148. The van der Waals surface area contributed by atoms with Gasteiger partial charge in [0.1, 0.15) is 10.6 Å². The third-order valence-electron chi connectivity index (χ3n) is 5.04. The van der Waals surface area contributed by atoms with Gasteiger partial charge in [0.25, 0.3) is 0 Å². The molecule has 1 aromatic carbocycles. The Morgan fingerprint density at radius 2 is 1.96 bits per heavy atom. The van der Waals surface area contributed by atoms with Crippen molar-refractivity contribution >= 4 is 28.3 Å². The Morgan fingerprint density at radius 3 is 2.68 bits per heavy atom. The molecule has 0 bridgehead atoms. The first kappa shape index (κ1) is 16.2. The molecule has 2 heterocycles. The molecule has 1 amide bonds. The van der Waals surface area contributed by atoms with Crippen LogP contribution in [0.5, 0.6) is 0 Å². The van der Waals surface area contributed by atoms with Gasteiger partial charge in [0.15, 0.2) is 0 Å². The van der Waals surface area contributed by atoms with Crippen LogP contribution in [0.15, 0.2) is 24.3 Å². The number of aromatic nitrogens is 2. The van der Waals surface area contributed by atoms with Crippen LogP contribution in [0.25, 0.3) is 10.6 Å². The summed E-state index contributed by atoms with van der Waals surface area (Å²) in [5.41, 5.74) is 1.54. The highest BCUT2D eigenvalue weighted by Crippen LogP contribution is 2.46. The van der Waals surface area contributed by atoms with Crippen LogP contribution >= 0.6 is 11.3 Å². The lowest BCUT2D eigenvalue weighted by Crippen LogP contribution is -2.39. The van der Waals surface area contributed by atoms with Crippen molar-refractivity contribution in [3.63, 3.8) is 0 Å². The molecule has 25 heavy (non-hydrogen) atoms. The number of nitrogens with zero attached hydrogens (tertiary/aromatic N) is 2. The standard InChI is InChI=1S/C18H19N3O3S/c1-11-4-6-12(7-5-11)16-20-21-17(25-16)19-15(23)13-10-14(22)24-18(13)8-2-3-9-18/h4-7,13H,2-3,8-10H2,1H3,(H,19,21,23). The molecule has 1 aliphatic carbocycles. The summed E-state index contributed by atoms with van der Waals surface area (Å²) in [6, 6.07) is 8.00. The summed E-state index contributed by atoms with van der Waals surface area (Å²) in [4.78, 5) is 24.5. The van der Waals surface area contributed by atoms with Crippen LogP contribution in [-0.2, 0) is 14.3 Å². The molecule has 2 aromatic rings. The van der Waals surface area contributed by atoms with Crippen molar-refractivity contribution in [2.75, 3.05) is 5.32 Å². The molecule has 4 rings (SSSR count). The fourth-order valence-electron chi connectivity index (χ4n) is 3.73. The summed E-state index contributed by atoms with van der Waals surface area (Å²) in [5.74, 6) is -0.909. The van der Waals surface area contributed by atoms with E-state index in [0.717, 1.165) is 36.3 Å². The number of esters is 1. The Balaban J connectivity index is 1.50. The van der Waals surface area contributed by atoms with Crippen LogP contribution in [0.2, 0.25) is 0 Å². The maximum atomic E-state index is 12.7. The maximum absolute atomic E-state index is 12.7. The van der Waals surface area contributed by atoms with E-state index in [1.165, 1.54) is 16.9 Å². The molecule has 6 nitrogen and oxygen atoms in total. The van der Waals surface area contributed by atoms with Crippen LogP contribution in [0.3, 0.4) is 0 Å². The monoisotopic (exact) mass is 357 g/mol. The van der Waals surface area contributed by atoms with Gasteiger partial charge in [-0.05, 0) is 32.6 Å². The van der Waals surface area contributed by atoms with Gasteiger partial charge in [0, 0.05) is 5.56 Å². The molecule has 1 spiro atoms. The number of benzene rings is 1. The predicted molar refractivity (Wildman–Crippen MR) is 94.1 cm³/mol. The Morgan fingerprint density at radius 1 is 1.24 bits per heavy atom. The molecule has 1 saturated carbocycles. The third kappa shape index (κ3) is 3.04. The second-order valence-corrected chi connectivity index (χ2v) is 7.75. The number of hydrogen-bond donors (Lipinski definition) is 1. The molecule has 1 saturated heterocycles. The summed E-state index contributed by atoms with van der Waals surface area (Å²) in [6.07, 6.45) is 3.67. The van der Waals surface area contributed by atoms with Crippen molar-refractivity contribution in [3.8, 4) is 10.6 Å². The zero-order chi connectivity index (χ0) is 17.4. The first-order valence-corrected chi connectivity index (χ1v) is 9.31. The van der Waals surface area contributed by atoms with Crippen LogP contribution in [0.1, 0.15) is 37.7 Å². The highest BCUT2D eigenvalue weighted by Gasteiger charge is 2.54. The Labute approximate surface area is 149 Å². The minimum atomic E-state index is -0.606. The number of hydrogen-bond acceptors (Lipinski definition) is 6. The molecule has 1 atom stereocenters. The van der Waals surface area contributed by atoms with E-state index in [1.807, 2.05) is 31.2 Å². The van der Waals surface area contributed by atoms with Crippen molar-refractivity contribution in [3.05, 3.63) is 29.8 Å². The molecule has 1 unspecified atom stereocenters. The highest BCUT2D eigenvalue weighted by molar-refractivity contribution is 7.18. The molecule has 2 fully saturated rings. The lowest BCUT2D eigenvalue weighted by atomic mass is 9.85. The van der Waals surface area contributed by atoms with E-state index in [0.29, 0.717) is 5.13 Å². The zero-order valence-electron chi connectivity index (χ0n) is 13.9. The van der Waals surface area contributed by atoms with Gasteiger partial charge >= 0.3 is 5.97 Å². The van der Waals surface area contributed by atoms with Gasteiger partial charge in [-0.2, -0.15) is 0 Å². The summed E-state index contributed by atoms with van der Waals surface area (Å²) in [7, 11) is 0. The molecular weight excluding hydrogens is 338 g/mol. The Bertz CT molecular complexity index is 809. The van der Waals surface area contributed by atoms with E-state index in [1.54, 1.807) is 0 Å². The minimum Gasteiger partial charge on any atom is -0.458 e. The number of rotatable bonds is 3. The van der Waals surface area contributed by atoms with Gasteiger partial charge in [-0.25, -0.2) is 0 Å². The average molecular weight is 357 g/mol. The molecule has 1 N–H and O–H groups in total. The van der Waals surface area contributed by atoms with Gasteiger partial charge in [-0.1, -0.05) is 41.2 Å². The third-order valence-corrected chi connectivity index (χ3v) is 5.93. The number of ether oxygens (including phenoxy) is 1. The van der Waals surface area contributed by atoms with Crippen LogP contribution < -0.4 is 5.32 Å². The van der Waals surface area contributed by atoms with Crippen molar-refractivity contribution in [2.24, 2.45) is 5.92 Å². The predicted octanol–water partition coefficient (Wildman–Crippen LogP) is 3.33. The molecule has 1 aromatic heterocycles. The van der Waals surface area contributed by atoms with Crippen molar-refractivity contribution in [1.29, 1.82) is 0 Å². The number of carbonyl (C=O) groups excluding carboxylic acids is 2. The number of nitrogens with one attached hydrogen (secondary N) is 1. The normalized spacial score (nSPS) is 21.5. The highest BCUT2D eigenvalue weighted by atomic mass is 32.1. The van der Waals surface area contributed by atoms with Crippen LogP contribution in [0, 0.1) is 12.8 Å².